The predicted molar refractivity (Wildman–Crippen MR) is 82.3 cm³/mol. The monoisotopic (exact) mass is 270 g/mol. The van der Waals surface area contributed by atoms with E-state index in [1.807, 2.05) is 0 Å². The number of hydrogen-bond donors (Lipinski definition) is 1. The molecule has 0 saturated carbocycles. The number of rotatable bonds is 9. The molecule has 0 bridgehead atoms. The maximum atomic E-state index is 6.02. The van der Waals surface area contributed by atoms with Crippen LogP contribution in [0.4, 0.5) is 0 Å². The average molecular weight is 270 g/mol. The number of ether oxygens (including phenoxy) is 1. The van der Waals surface area contributed by atoms with Gasteiger partial charge in [0.05, 0.1) is 6.61 Å². The fourth-order valence-electron chi connectivity index (χ4n) is 2.63. The van der Waals surface area contributed by atoms with Gasteiger partial charge in [0, 0.05) is 25.1 Å². The summed E-state index contributed by atoms with van der Waals surface area (Å²) >= 11 is 0. The van der Waals surface area contributed by atoms with E-state index in [0.29, 0.717) is 0 Å². The normalized spacial score (nSPS) is 24.0. The van der Waals surface area contributed by atoms with Gasteiger partial charge in [-0.2, -0.15) is 0 Å². The van der Waals surface area contributed by atoms with Crippen LogP contribution < -0.4 is 5.73 Å². The third kappa shape index (κ3) is 6.24. The van der Waals surface area contributed by atoms with E-state index in [-0.39, 0.29) is 5.41 Å². The molecule has 1 unspecified atom stereocenters. The molecule has 3 heteroatoms. The largest absolute Gasteiger partial charge is 0.381 e. The maximum Gasteiger partial charge on any atom is 0.0547 e. The second kappa shape index (κ2) is 8.23. The Morgan fingerprint density at radius 1 is 1.11 bits per heavy atom. The van der Waals surface area contributed by atoms with Crippen LogP contribution in [0.5, 0.6) is 0 Å². The number of hydrogen-bond acceptors (Lipinski definition) is 3. The average Bonchev–Trinajstić information content (AvgIpc) is 2.81. The zero-order valence-electron chi connectivity index (χ0n) is 13.5. The van der Waals surface area contributed by atoms with Gasteiger partial charge in [-0.05, 0) is 44.2 Å². The van der Waals surface area contributed by atoms with Gasteiger partial charge >= 0.3 is 0 Å². The van der Waals surface area contributed by atoms with Crippen LogP contribution in [0.2, 0.25) is 0 Å². The first-order valence-electron chi connectivity index (χ1n) is 7.97. The third-order valence-electron chi connectivity index (χ3n) is 4.22. The standard InChI is InChI=1S/C16H34N2O/c1-14(2)5-8-18(9-6-15(3)4)12-16(11-17)7-10-19-13-16/h14-15H,5-13,17H2,1-4H3. The summed E-state index contributed by atoms with van der Waals surface area (Å²) in [4.78, 5) is 2.63. The molecular formula is C16H34N2O. The van der Waals surface area contributed by atoms with Crippen LogP contribution in [-0.4, -0.2) is 44.3 Å². The number of nitrogens with zero attached hydrogens (tertiary/aromatic N) is 1. The van der Waals surface area contributed by atoms with Crippen molar-refractivity contribution in [3.05, 3.63) is 0 Å². The van der Waals surface area contributed by atoms with Crippen molar-refractivity contribution < 1.29 is 4.74 Å². The molecule has 19 heavy (non-hydrogen) atoms. The van der Waals surface area contributed by atoms with Crippen molar-refractivity contribution in [1.82, 2.24) is 4.90 Å². The van der Waals surface area contributed by atoms with E-state index in [1.54, 1.807) is 0 Å². The van der Waals surface area contributed by atoms with Crippen LogP contribution in [-0.2, 0) is 4.74 Å². The molecule has 1 rings (SSSR count). The van der Waals surface area contributed by atoms with Gasteiger partial charge in [-0.25, -0.2) is 0 Å². The van der Waals surface area contributed by atoms with E-state index in [4.69, 9.17) is 10.5 Å². The molecule has 114 valence electrons. The number of nitrogens with two attached hydrogens (primary N) is 1. The minimum absolute atomic E-state index is 0.216. The van der Waals surface area contributed by atoms with Gasteiger partial charge in [0.25, 0.3) is 0 Å². The minimum Gasteiger partial charge on any atom is -0.381 e. The minimum atomic E-state index is 0.216. The van der Waals surface area contributed by atoms with Gasteiger partial charge in [0.1, 0.15) is 0 Å². The molecule has 0 spiro atoms. The highest BCUT2D eigenvalue weighted by molar-refractivity contribution is 4.87. The molecule has 2 N–H and O–H groups in total. The van der Waals surface area contributed by atoms with Crippen LogP contribution >= 0.6 is 0 Å². The molecule has 1 heterocycles. The van der Waals surface area contributed by atoms with Crippen LogP contribution in [0, 0.1) is 17.3 Å². The molecule has 0 aromatic heterocycles. The molecule has 0 aromatic rings. The van der Waals surface area contributed by atoms with E-state index < -0.39 is 0 Å². The van der Waals surface area contributed by atoms with Gasteiger partial charge in [-0.1, -0.05) is 27.7 Å². The molecule has 1 aliphatic heterocycles. The molecular weight excluding hydrogens is 236 g/mol. The molecule has 0 aromatic carbocycles. The summed E-state index contributed by atoms with van der Waals surface area (Å²) in [6.45, 7) is 15.2. The Morgan fingerprint density at radius 2 is 1.68 bits per heavy atom. The second-order valence-electron chi connectivity index (χ2n) is 7.15. The molecule has 0 aliphatic carbocycles. The van der Waals surface area contributed by atoms with Gasteiger partial charge in [0.15, 0.2) is 0 Å². The Balaban J connectivity index is 2.50. The smallest absolute Gasteiger partial charge is 0.0547 e. The van der Waals surface area contributed by atoms with Gasteiger partial charge in [-0.3, -0.25) is 0 Å². The van der Waals surface area contributed by atoms with Crippen molar-refractivity contribution in [3.8, 4) is 0 Å². The SMILES string of the molecule is CC(C)CCN(CCC(C)C)CC1(CN)CCOC1. The van der Waals surface area contributed by atoms with Crippen molar-refractivity contribution in [1.29, 1.82) is 0 Å². The first-order valence-corrected chi connectivity index (χ1v) is 7.97. The lowest BCUT2D eigenvalue weighted by Crippen LogP contribution is -2.44. The van der Waals surface area contributed by atoms with Gasteiger partial charge in [0.2, 0.25) is 0 Å². The third-order valence-corrected chi connectivity index (χ3v) is 4.22. The van der Waals surface area contributed by atoms with Crippen molar-refractivity contribution in [3.63, 3.8) is 0 Å². The van der Waals surface area contributed by atoms with Crippen LogP contribution in [0.1, 0.15) is 47.0 Å². The molecule has 1 saturated heterocycles. The Hall–Kier alpha value is -0.120. The summed E-state index contributed by atoms with van der Waals surface area (Å²) in [5, 5.41) is 0. The lowest BCUT2D eigenvalue weighted by atomic mass is 9.86. The summed E-state index contributed by atoms with van der Waals surface area (Å²) in [6, 6.07) is 0. The Labute approximate surface area is 119 Å². The van der Waals surface area contributed by atoms with E-state index in [9.17, 15) is 0 Å². The summed E-state index contributed by atoms with van der Waals surface area (Å²) < 4.78 is 5.60. The summed E-state index contributed by atoms with van der Waals surface area (Å²) in [5.41, 5.74) is 6.24. The highest BCUT2D eigenvalue weighted by atomic mass is 16.5. The van der Waals surface area contributed by atoms with E-state index in [2.05, 4.69) is 32.6 Å². The molecule has 1 aliphatic rings. The van der Waals surface area contributed by atoms with Crippen molar-refractivity contribution in [2.24, 2.45) is 23.0 Å². The highest BCUT2D eigenvalue weighted by Gasteiger charge is 2.35. The van der Waals surface area contributed by atoms with Crippen molar-refractivity contribution in [2.75, 3.05) is 39.4 Å². The lowest BCUT2D eigenvalue weighted by molar-refractivity contribution is 0.109. The molecule has 0 amide bonds. The van der Waals surface area contributed by atoms with Crippen LogP contribution in [0.25, 0.3) is 0 Å². The molecule has 3 nitrogen and oxygen atoms in total. The Morgan fingerprint density at radius 3 is 2.05 bits per heavy atom. The summed E-state index contributed by atoms with van der Waals surface area (Å²) in [7, 11) is 0. The zero-order valence-corrected chi connectivity index (χ0v) is 13.5. The van der Waals surface area contributed by atoms with Crippen molar-refractivity contribution in [2.45, 2.75) is 47.0 Å². The highest BCUT2D eigenvalue weighted by Crippen LogP contribution is 2.29. The Bertz CT molecular complexity index is 223. The Kier molecular flexibility index (Phi) is 7.33. The predicted octanol–water partition coefficient (Wildman–Crippen LogP) is 2.75. The zero-order chi connectivity index (χ0) is 14.3. The quantitative estimate of drug-likeness (QED) is 0.700. The molecule has 1 atom stereocenters. The second-order valence-corrected chi connectivity index (χ2v) is 7.15. The summed E-state index contributed by atoms with van der Waals surface area (Å²) in [5.74, 6) is 1.55. The van der Waals surface area contributed by atoms with Crippen molar-refractivity contribution >= 4 is 0 Å². The fraction of sp³-hybridized carbons (Fsp3) is 1.00. The molecule has 0 radical (unpaired) electrons. The summed E-state index contributed by atoms with van der Waals surface area (Å²) in [6.07, 6.45) is 3.68. The van der Waals surface area contributed by atoms with E-state index in [0.717, 1.165) is 44.6 Å². The van der Waals surface area contributed by atoms with Gasteiger partial charge < -0.3 is 15.4 Å². The van der Waals surface area contributed by atoms with E-state index in [1.165, 1.54) is 25.9 Å². The topological polar surface area (TPSA) is 38.5 Å². The molecule has 1 fully saturated rings. The van der Waals surface area contributed by atoms with Gasteiger partial charge in [-0.15, -0.1) is 0 Å². The first-order chi connectivity index (χ1) is 8.97. The maximum absolute atomic E-state index is 6.02. The van der Waals surface area contributed by atoms with E-state index >= 15 is 0 Å². The van der Waals surface area contributed by atoms with Crippen LogP contribution in [0.3, 0.4) is 0 Å². The lowest BCUT2D eigenvalue weighted by Gasteiger charge is -2.34. The fourth-order valence-corrected chi connectivity index (χ4v) is 2.63. The first kappa shape index (κ1) is 16.9. The van der Waals surface area contributed by atoms with Crippen LogP contribution in [0.15, 0.2) is 0 Å².